The van der Waals surface area contributed by atoms with E-state index in [4.69, 9.17) is 27.6 Å². The second-order valence-electron chi connectivity index (χ2n) is 7.64. The minimum absolute atomic E-state index is 0.135. The van der Waals surface area contributed by atoms with Crippen LogP contribution >= 0.6 is 23.2 Å². The molecule has 2 amide bonds. The van der Waals surface area contributed by atoms with Crippen LogP contribution in [0.2, 0.25) is 10.0 Å². The van der Waals surface area contributed by atoms with Gasteiger partial charge in [0.2, 0.25) is 17.7 Å². The molecule has 0 saturated heterocycles. The summed E-state index contributed by atoms with van der Waals surface area (Å²) >= 11 is 11.9. The third kappa shape index (κ3) is 5.27. The average molecular weight is 495 g/mol. The third-order valence-electron chi connectivity index (χ3n) is 5.11. The Balaban J connectivity index is 1.40. The Bertz CT molecular complexity index is 1350. The summed E-state index contributed by atoms with van der Waals surface area (Å²) in [5.74, 6) is 0.120. The molecular weight excluding hydrogens is 475 g/mol. The number of benzene rings is 3. The Kier molecular flexibility index (Phi) is 6.95. The summed E-state index contributed by atoms with van der Waals surface area (Å²) in [5.41, 5.74) is 3.50. The van der Waals surface area contributed by atoms with Crippen LogP contribution in [0.25, 0.3) is 22.9 Å². The highest BCUT2D eigenvalue weighted by Gasteiger charge is 2.17. The van der Waals surface area contributed by atoms with Gasteiger partial charge in [-0.15, -0.1) is 10.2 Å². The summed E-state index contributed by atoms with van der Waals surface area (Å²) in [7, 11) is 1.55. The number of hydrogen-bond acceptors (Lipinski definition) is 5. The Labute approximate surface area is 206 Å². The molecule has 1 N–H and O–H groups in total. The van der Waals surface area contributed by atoms with Gasteiger partial charge in [0.1, 0.15) is 0 Å². The minimum atomic E-state index is -0.361. The first-order valence-electron chi connectivity index (χ1n) is 10.3. The van der Waals surface area contributed by atoms with Gasteiger partial charge in [-0.3, -0.25) is 9.59 Å². The van der Waals surface area contributed by atoms with E-state index < -0.39 is 0 Å². The van der Waals surface area contributed by atoms with Crippen LogP contribution < -0.4 is 5.32 Å². The van der Waals surface area contributed by atoms with Gasteiger partial charge in [0, 0.05) is 29.4 Å². The normalized spacial score (nSPS) is 10.7. The molecule has 9 heteroatoms. The summed E-state index contributed by atoms with van der Waals surface area (Å²) in [6, 6.07) is 19.3. The fourth-order valence-electron chi connectivity index (χ4n) is 3.30. The lowest BCUT2D eigenvalue weighted by atomic mass is 10.1. The van der Waals surface area contributed by atoms with Crippen LogP contribution in [0.5, 0.6) is 0 Å². The van der Waals surface area contributed by atoms with Gasteiger partial charge in [0.05, 0.1) is 16.6 Å². The lowest BCUT2D eigenvalue weighted by Gasteiger charge is -2.17. The second kappa shape index (κ2) is 10.1. The van der Waals surface area contributed by atoms with Crippen LogP contribution in [0, 0.1) is 6.92 Å². The smallest absolute Gasteiger partial charge is 0.254 e. The van der Waals surface area contributed by atoms with Crippen LogP contribution in [0.4, 0.5) is 5.69 Å². The maximum Gasteiger partial charge on any atom is 0.254 e. The molecule has 0 aliphatic heterocycles. The van der Waals surface area contributed by atoms with E-state index in [-0.39, 0.29) is 18.4 Å². The first-order chi connectivity index (χ1) is 16.3. The van der Waals surface area contributed by atoms with E-state index in [9.17, 15) is 9.59 Å². The molecule has 1 aromatic heterocycles. The number of anilines is 1. The van der Waals surface area contributed by atoms with E-state index in [2.05, 4.69) is 15.5 Å². The number of nitrogens with zero attached hydrogens (tertiary/aromatic N) is 3. The molecule has 4 rings (SSSR count). The molecule has 0 unspecified atom stereocenters. The van der Waals surface area contributed by atoms with Crippen molar-refractivity contribution in [3.05, 3.63) is 87.9 Å². The Morgan fingerprint density at radius 1 is 0.941 bits per heavy atom. The van der Waals surface area contributed by atoms with Crippen LogP contribution in [-0.4, -0.2) is 40.5 Å². The number of carbonyl (C=O) groups excluding carboxylic acids is 2. The zero-order valence-electron chi connectivity index (χ0n) is 18.4. The molecule has 172 valence electrons. The second-order valence-corrected chi connectivity index (χ2v) is 8.46. The van der Waals surface area contributed by atoms with Gasteiger partial charge in [0.25, 0.3) is 5.91 Å². The molecule has 0 atom stereocenters. The van der Waals surface area contributed by atoms with Gasteiger partial charge in [-0.2, -0.15) is 0 Å². The van der Waals surface area contributed by atoms with Crippen LogP contribution in [0.15, 0.2) is 71.1 Å². The quantitative estimate of drug-likeness (QED) is 0.369. The number of aromatic nitrogens is 2. The molecule has 3 aromatic carbocycles. The van der Waals surface area contributed by atoms with Crippen molar-refractivity contribution in [2.24, 2.45) is 0 Å². The summed E-state index contributed by atoms with van der Waals surface area (Å²) in [5, 5.41) is 11.7. The fourth-order valence-corrected chi connectivity index (χ4v) is 3.60. The van der Waals surface area contributed by atoms with E-state index in [1.165, 1.54) is 4.90 Å². The molecule has 7 nitrogen and oxygen atoms in total. The van der Waals surface area contributed by atoms with Crippen molar-refractivity contribution in [1.29, 1.82) is 0 Å². The lowest BCUT2D eigenvalue weighted by molar-refractivity contribution is -0.116. The molecule has 0 aliphatic rings. The predicted molar refractivity (Wildman–Crippen MR) is 132 cm³/mol. The number of carbonyl (C=O) groups is 2. The number of aryl methyl sites for hydroxylation is 1. The standard InChI is InChI=1S/C25H20Cl2N4O3/c1-15-5-3-4-6-19(15)24-30-29-23(34-24)16-7-9-17(10-8-16)25(33)31(2)14-22(32)28-18-11-12-20(26)21(27)13-18/h3-13H,14H2,1-2H3,(H,28,32). The maximum absolute atomic E-state index is 12.8. The van der Waals surface area contributed by atoms with Crippen molar-refractivity contribution < 1.29 is 14.0 Å². The number of hydrogen-bond donors (Lipinski definition) is 1. The highest BCUT2D eigenvalue weighted by molar-refractivity contribution is 6.42. The molecule has 0 fully saturated rings. The van der Waals surface area contributed by atoms with E-state index in [1.807, 2.05) is 31.2 Å². The highest BCUT2D eigenvalue weighted by Crippen LogP contribution is 2.27. The highest BCUT2D eigenvalue weighted by atomic mass is 35.5. The molecule has 0 aliphatic carbocycles. The van der Waals surface area contributed by atoms with Gasteiger partial charge in [-0.05, 0) is 61.0 Å². The molecule has 0 bridgehead atoms. The molecule has 0 saturated carbocycles. The maximum atomic E-state index is 12.8. The molecule has 34 heavy (non-hydrogen) atoms. The first kappa shape index (κ1) is 23.5. The lowest BCUT2D eigenvalue weighted by Crippen LogP contribution is -2.34. The van der Waals surface area contributed by atoms with Crippen molar-refractivity contribution in [1.82, 2.24) is 15.1 Å². The summed E-state index contributed by atoms with van der Waals surface area (Å²) in [4.78, 5) is 26.4. The summed E-state index contributed by atoms with van der Waals surface area (Å²) in [6.45, 7) is 1.84. The topological polar surface area (TPSA) is 88.3 Å². The van der Waals surface area contributed by atoms with Crippen molar-refractivity contribution in [3.63, 3.8) is 0 Å². The molecule has 4 aromatic rings. The molecule has 1 heterocycles. The summed E-state index contributed by atoms with van der Waals surface area (Å²) in [6.07, 6.45) is 0. The Morgan fingerprint density at radius 3 is 2.35 bits per heavy atom. The summed E-state index contributed by atoms with van der Waals surface area (Å²) < 4.78 is 5.82. The molecule has 0 spiro atoms. The molecule has 0 radical (unpaired) electrons. The monoisotopic (exact) mass is 494 g/mol. The zero-order valence-corrected chi connectivity index (χ0v) is 19.9. The fraction of sp³-hybridized carbons (Fsp3) is 0.120. The Morgan fingerprint density at radius 2 is 1.65 bits per heavy atom. The van der Waals surface area contributed by atoms with Crippen molar-refractivity contribution in [2.75, 3.05) is 18.9 Å². The Hall–Kier alpha value is -3.68. The zero-order chi connectivity index (χ0) is 24.2. The number of halogens is 2. The van der Waals surface area contributed by atoms with Crippen LogP contribution in [0.1, 0.15) is 15.9 Å². The van der Waals surface area contributed by atoms with E-state index >= 15 is 0 Å². The van der Waals surface area contributed by atoms with E-state index in [0.29, 0.717) is 38.6 Å². The predicted octanol–water partition coefficient (Wildman–Crippen LogP) is 5.73. The van der Waals surface area contributed by atoms with Gasteiger partial charge >= 0.3 is 0 Å². The van der Waals surface area contributed by atoms with Gasteiger partial charge in [0.15, 0.2) is 0 Å². The molecular formula is C25H20Cl2N4O3. The first-order valence-corrected chi connectivity index (χ1v) is 11.1. The average Bonchev–Trinajstić information content (AvgIpc) is 3.31. The van der Waals surface area contributed by atoms with Gasteiger partial charge < -0.3 is 14.6 Å². The van der Waals surface area contributed by atoms with Crippen LogP contribution in [0.3, 0.4) is 0 Å². The number of amides is 2. The SMILES string of the molecule is Cc1ccccc1-c1nnc(-c2ccc(C(=O)N(C)CC(=O)Nc3ccc(Cl)c(Cl)c3)cc2)o1. The van der Waals surface area contributed by atoms with Crippen molar-refractivity contribution in [2.45, 2.75) is 6.92 Å². The number of nitrogens with one attached hydrogen (secondary N) is 1. The largest absolute Gasteiger partial charge is 0.416 e. The van der Waals surface area contributed by atoms with Crippen molar-refractivity contribution in [3.8, 4) is 22.9 Å². The third-order valence-corrected chi connectivity index (χ3v) is 5.85. The van der Waals surface area contributed by atoms with Gasteiger partial charge in [-0.1, -0.05) is 41.4 Å². The van der Waals surface area contributed by atoms with Crippen molar-refractivity contribution >= 4 is 40.7 Å². The number of likely N-dealkylation sites (N-methyl/N-ethyl adjacent to an activating group) is 1. The van der Waals surface area contributed by atoms with Gasteiger partial charge in [-0.25, -0.2) is 0 Å². The van der Waals surface area contributed by atoms with E-state index in [1.54, 1.807) is 49.5 Å². The number of rotatable bonds is 6. The minimum Gasteiger partial charge on any atom is -0.416 e. The van der Waals surface area contributed by atoms with Crippen LogP contribution in [-0.2, 0) is 4.79 Å². The van der Waals surface area contributed by atoms with E-state index in [0.717, 1.165) is 11.1 Å².